The van der Waals surface area contributed by atoms with Gasteiger partial charge in [-0.15, -0.1) is 0 Å². The lowest BCUT2D eigenvalue weighted by Gasteiger charge is -2.24. The Morgan fingerprint density at radius 2 is 0.882 bits per heavy atom. The van der Waals surface area contributed by atoms with Crippen molar-refractivity contribution in [3.63, 3.8) is 0 Å². The fraction of sp³-hybridized carbons (Fsp3) is 0.381. The summed E-state index contributed by atoms with van der Waals surface area (Å²) in [6.07, 6.45) is -10.5. The Bertz CT molecular complexity index is 2910. The third-order valence-corrected chi connectivity index (χ3v) is 9.85. The number of H-pyrrole nitrogens is 2. The van der Waals surface area contributed by atoms with E-state index >= 15 is 0 Å². The third-order valence-electron chi connectivity index (χ3n) is 9.85. The minimum atomic E-state index is -1.40. The number of anilines is 2. The van der Waals surface area contributed by atoms with Crippen LogP contribution in [-0.2, 0) is 66.7 Å². The molecule has 0 spiro atoms. The number of esters is 6. The minimum absolute atomic E-state index is 0.125. The number of aromatic amines is 2. The quantitative estimate of drug-likeness (QED) is 0.0753. The average molecular weight is 941 g/mol. The number of carbonyl (C=O) groups is 6. The number of benzene rings is 1. The molecule has 0 bridgehead atoms. The summed E-state index contributed by atoms with van der Waals surface area (Å²) in [4.78, 5) is 121. The molecule has 2 aliphatic heterocycles. The topological polar surface area (TPSA) is 355 Å². The molecule has 0 radical (unpaired) electrons. The van der Waals surface area contributed by atoms with E-state index in [0.717, 1.165) is 41.5 Å². The van der Waals surface area contributed by atoms with Gasteiger partial charge in [-0.2, -0.15) is 9.97 Å². The van der Waals surface area contributed by atoms with Crippen LogP contribution in [0.25, 0.3) is 22.3 Å². The molecule has 1 aromatic carbocycles. The minimum Gasteiger partial charge on any atom is -0.463 e. The second-order valence-electron chi connectivity index (χ2n) is 15.0. The van der Waals surface area contributed by atoms with E-state index in [-0.39, 0.29) is 45.9 Å². The van der Waals surface area contributed by atoms with Gasteiger partial charge in [-0.3, -0.25) is 57.5 Å². The van der Waals surface area contributed by atoms with Crippen LogP contribution in [0.5, 0.6) is 0 Å². The third kappa shape index (κ3) is 10.3. The summed E-state index contributed by atoms with van der Waals surface area (Å²) in [6, 6.07) is 6.34. The predicted octanol–water partition coefficient (Wildman–Crippen LogP) is -0.836. The first-order valence-electron chi connectivity index (χ1n) is 20.2. The standard InChI is InChI=1S/C42H40N10O16/c1-17(53)61-15-25-31(63-19(3)55)33(65-21(5)57)39(67-25)51-27(45-29-35(51)47-41(43)49-37(29)59)13-11-23-7-9-24(10-8-23)12-14-28-46-30-36(48-42(44)50-38(30)60)52(28)40-34(66-22(6)58)32(64-20(4)56)26(68-40)16-62-18(2)54/h7-10,25-26,31-34,39-40H,15-16H2,1-6H3,(H3,43,47,49,59)(H3,44,48,50,60)/t25-,26-,31-,32-,33-,34-,39-,40-/m1/s1. The van der Waals surface area contributed by atoms with Gasteiger partial charge in [0.25, 0.3) is 11.1 Å². The molecule has 8 atom stereocenters. The SMILES string of the molecule is CC(=O)OC[C@H]1O[C@@H](n2c(C#Cc3ccc(C#Cc4nc5c(=O)[nH]c(N)nc5n4[C@@H]4O[C@H](COC(C)=O)[C@@H](OC(C)=O)[C@H]4OC(C)=O)cc3)nc3c(=O)[nH]c(N)nc32)[C@H](OC(C)=O)[C@@H]1OC(C)=O. The van der Waals surface area contributed by atoms with Crippen molar-refractivity contribution in [2.45, 2.75) is 90.6 Å². The molecule has 2 saturated heterocycles. The molecule has 4 aromatic heterocycles. The normalized spacial score (nSPS) is 21.7. The van der Waals surface area contributed by atoms with Gasteiger partial charge in [-0.1, -0.05) is 11.8 Å². The Labute approximate surface area is 381 Å². The molecular formula is C42H40N10O16. The van der Waals surface area contributed by atoms with Crippen LogP contribution >= 0.6 is 0 Å². The molecule has 6 N–H and O–H groups in total. The number of hydrogen-bond donors (Lipinski definition) is 4. The second-order valence-corrected chi connectivity index (χ2v) is 15.0. The second kappa shape index (κ2) is 19.5. The molecule has 2 fully saturated rings. The maximum atomic E-state index is 13.1. The molecule has 0 unspecified atom stereocenters. The highest BCUT2D eigenvalue weighted by Gasteiger charge is 2.53. The van der Waals surface area contributed by atoms with Crippen LogP contribution in [0.4, 0.5) is 11.9 Å². The van der Waals surface area contributed by atoms with Gasteiger partial charge in [0.15, 0.2) is 70.8 Å². The number of carbonyl (C=O) groups excluding carboxylic acids is 6. The maximum absolute atomic E-state index is 13.1. The first-order chi connectivity index (χ1) is 32.3. The Balaban J connectivity index is 1.26. The summed E-state index contributed by atoms with van der Waals surface area (Å²) in [5, 5.41) is 0. The number of fused-ring (bicyclic) bond motifs is 2. The lowest BCUT2D eigenvalue weighted by atomic mass is 10.1. The number of hydrogen-bond acceptors (Lipinski definition) is 22. The molecule has 5 aromatic rings. The molecule has 0 aliphatic carbocycles. The zero-order valence-electron chi connectivity index (χ0n) is 36.7. The fourth-order valence-electron chi connectivity index (χ4n) is 7.35. The molecule has 0 amide bonds. The summed E-state index contributed by atoms with van der Waals surface area (Å²) in [6.45, 7) is 5.96. The van der Waals surface area contributed by atoms with E-state index in [0.29, 0.717) is 11.1 Å². The highest BCUT2D eigenvalue weighted by Crippen LogP contribution is 2.38. The van der Waals surface area contributed by atoms with Gasteiger partial charge in [0, 0.05) is 52.7 Å². The van der Waals surface area contributed by atoms with Crippen LogP contribution in [0, 0.1) is 23.7 Å². The maximum Gasteiger partial charge on any atom is 0.303 e. The highest BCUT2D eigenvalue weighted by molar-refractivity contribution is 5.75. The molecule has 2 aliphatic rings. The van der Waals surface area contributed by atoms with Crippen LogP contribution in [0.3, 0.4) is 0 Å². The fourth-order valence-corrected chi connectivity index (χ4v) is 7.35. The van der Waals surface area contributed by atoms with Crippen molar-refractivity contribution in [2.24, 2.45) is 0 Å². The van der Waals surface area contributed by atoms with Crippen molar-refractivity contribution in [3.8, 4) is 23.7 Å². The first kappa shape index (κ1) is 47.3. The van der Waals surface area contributed by atoms with E-state index in [9.17, 15) is 38.4 Å². The van der Waals surface area contributed by atoms with E-state index in [1.54, 1.807) is 24.3 Å². The van der Waals surface area contributed by atoms with Crippen molar-refractivity contribution in [3.05, 3.63) is 67.7 Å². The van der Waals surface area contributed by atoms with E-state index in [2.05, 4.69) is 53.6 Å². The lowest BCUT2D eigenvalue weighted by molar-refractivity contribution is -0.166. The Morgan fingerprint density at radius 1 is 0.544 bits per heavy atom. The van der Waals surface area contributed by atoms with Gasteiger partial charge in [0.05, 0.1) is 0 Å². The number of imidazole rings is 2. The Morgan fingerprint density at radius 3 is 1.21 bits per heavy atom. The molecule has 6 heterocycles. The van der Waals surface area contributed by atoms with E-state index in [1.165, 1.54) is 9.13 Å². The smallest absolute Gasteiger partial charge is 0.303 e. The monoisotopic (exact) mass is 940 g/mol. The average Bonchev–Trinajstić information content (AvgIpc) is 3.98. The van der Waals surface area contributed by atoms with Crippen LogP contribution < -0.4 is 22.6 Å². The zero-order valence-corrected chi connectivity index (χ0v) is 36.7. The summed E-state index contributed by atoms with van der Waals surface area (Å²) >= 11 is 0. The number of nitrogen functional groups attached to an aromatic ring is 2. The lowest BCUT2D eigenvalue weighted by Crippen LogP contribution is -2.40. The van der Waals surface area contributed by atoms with Crippen molar-refractivity contribution < 1.29 is 66.7 Å². The molecule has 26 nitrogen and oxygen atoms in total. The molecule has 7 rings (SSSR count). The zero-order chi connectivity index (χ0) is 49.1. The van der Waals surface area contributed by atoms with Gasteiger partial charge in [0.1, 0.15) is 25.4 Å². The number of rotatable bonds is 10. The van der Waals surface area contributed by atoms with Gasteiger partial charge < -0.3 is 49.4 Å². The van der Waals surface area contributed by atoms with E-state index in [4.69, 9.17) is 49.4 Å². The Kier molecular flexibility index (Phi) is 13.6. The predicted molar refractivity (Wildman–Crippen MR) is 227 cm³/mol. The summed E-state index contributed by atoms with van der Waals surface area (Å²) < 4.78 is 47.3. The molecular weight excluding hydrogens is 901 g/mol. The van der Waals surface area contributed by atoms with Crippen LogP contribution in [-0.4, -0.2) is 125 Å². The highest BCUT2D eigenvalue weighted by atomic mass is 16.7. The number of aromatic nitrogens is 8. The van der Waals surface area contributed by atoms with Gasteiger partial charge in [-0.05, 0) is 36.1 Å². The number of nitrogens with one attached hydrogen (secondary N) is 2. The summed E-state index contributed by atoms with van der Waals surface area (Å²) in [5.41, 5.74) is 10.4. The van der Waals surface area contributed by atoms with Gasteiger partial charge in [0.2, 0.25) is 11.9 Å². The molecule has 354 valence electrons. The molecule has 68 heavy (non-hydrogen) atoms. The first-order valence-corrected chi connectivity index (χ1v) is 20.2. The summed E-state index contributed by atoms with van der Waals surface area (Å²) in [5.74, 6) is 6.33. The van der Waals surface area contributed by atoms with Crippen molar-refractivity contribution in [1.29, 1.82) is 0 Å². The number of nitrogens with zero attached hydrogens (tertiary/aromatic N) is 6. The summed E-state index contributed by atoms with van der Waals surface area (Å²) in [7, 11) is 0. The van der Waals surface area contributed by atoms with Crippen molar-refractivity contribution >= 4 is 70.0 Å². The van der Waals surface area contributed by atoms with Crippen LogP contribution in [0.2, 0.25) is 0 Å². The number of nitrogens with two attached hydrogens (primary N) is 2. The molecule has 0 saturated carbocycles. The largest absolute Gasteiger partial charge is 0.463 e. The van der Waals surface area contributed by atoms with Gasteiger partial charge >= 0.3 is 35.8 Å². The van der Waals surface area contributed by atoms with E-state index in [1.807, 2.05) is 0 Å². The van der Waals surface area contributed by atoms with Crippen LogP contribution in [0.15, 0.2) is 33.9 Å². The van der Waals surface area contributed by atoms with Gasteiger partial charge in [-0.25, -0.2) is 9.97 Å². The number of ether oxygens (including phenoxy) is 8. The molecule has 26 heteroatoms. The van der Waals surface area contributed by atoms with Crippen LogP contribution in [0.1, 0.15) is 76.8 Å². The van der Waals surface area contributed by atoms with Crippen molar-refractivity contribution in [2.75, 3.05) is 24.7 Å². The van der Waals surface area contributed by atoms with Crippen molar-refractivity contribution in [1.82, 2.24) is 39.0 Å². The Hall–Kier alpha value is -8.62. The van der Waals surface area contributed by atoms with E-state index < -0.39 is 109 Å².